The maximum atomic E-state index is 12.2. The molecule has 130 valence electrons. The monoisotopic (exact) mass is 358 g/mol. The van der Waals surface area contributed by atoms with E-state index in [1.807, 2.05) is 24.3 Å². The molecule has 1 aliphatic heterocycles. The first-order valence-electron chi connectivity index (χ1n) is 7.91. The minimum absolute atomic E-state index is 0.276. The molecule has 1 aliphatic rings. The second kappa shape index (κ2) is 7.52. The third-order valence-electron chi connectivity index (χ3n) is 3.76. The molecule has 0 fully saturated rings. The fourth-order valence-corrected chi connectivity index (χ4v) is 3.60. The molecule has 0 aliphatic carbocycles. The first kappa shape index (κ1) is 17.2. The minimum atomic E-state index is -0.429. The van der Waals surface area contributed by atoms with Crippen LogP contribution in [-0.4, -0.2) is 40.6 Å². The highest BCUT2D eigenvalue weighted by Gasteiger charge is 2.29. The number of carbonyl (C=O) groups excluding carboxylic acids is 2. The van der Waals surface area contributed by atoms with Gasteiger partial charge in [0.15, 0.2) is 0 Å². The van der Waals surface area contributed by atoms with Crippen LogP contribution in [0, 0.1) is 0 Å². The number of aromatic nitrogens is 2. The fourth-order valence-electron chi connectivity index (χ4n) is 2.64. The van der Waals surface area contributed by atoms with Gasteiger partial charge in [0.05, 0.1) is 24.4 Å². The number of urea groups is 1. The van der Waals surface area contributed by atoms with Crippen molar-refractivity contribution in [3.05, 3.63) is 41.7 Å². The molecule has 2 aromatic rings. The van der Waals surface area contributed by atoms with Gasteiger partial charge < -0.3 is 15.4 Å². The van der Waals surface area contributed by atoms with E-state index in [-0.39, 0.29) is 12.6 Å². The van der Waals surface area contributed by atoms with Crippen molar-refractivity contribution in [2.45, 2.75) is 24.9 Å². The van der Waals surface area contributed by atoms with Crippen LogP contribution in [0.5, 0.6) is 0 Å². The normalized spacial score (nSPS) is 17.2. The first-order valence-corrected chi connectivity index (χ1v) is 8.89. The van der Waals surface area contributed by atoms with Gasteiger partial charge in [-0.05, 0) is 13.8 Å². The van der Waals surface area contributed by atoms with Crippen molar-refractivity contribution in [1.29, 1.82) is 0 Å². The van der Waals surface area contributed by atoms with Gasteiger partial charge in [-0.1, -0.05) is 36.0 Å². The van der Waals surface area contributed by atoms with Gasteiger partial charge in [-0.2, -0.15) is 5.10 Å². The van der Waals surface area contributed by atoms with Gasteiger partial charge in [-0.15, -0.1) is 5.10 Å². The van der Waals surface area contributed by atoms with Crippen LogP contribution >= 0.6 is 11.8 Å². The van der Waals surface area contributed by atoms with Crippen LogP contribution in [0.3, 0.4) is 0 Å². The molecule has 0 saturated heterocycles. The summed E-state index contributed by atoms with van der Waals surface area (Å²) in [6.45, 7) is 3.78. The number of esters is 1. The van der Waals surface area contributed by atoms with Crippen LogP contribution in [0.15, 0.2) is 46.8 Å². The van der Waals surface area contributed by atoms with Crippen LogP contribution in [-0.2, 0) is 9.53 Å². The van der Waals surface area contributed by atoms with E-state index in [2.05, 4.69) is 20.8 Å². The Bertz CT molecular complexity index is 847. The number of ether oxygens (including phenoxy) is 1. The van der Waals surface area contributed by atoms with Gasteiger partial charge in [0.25, 0.3) is 0 Å². The van der Waals surface area contributed by atoms with Crippen LogP contribution in [0.25, 0.3) is 10.8 Å². The smallest absolute Gasteiger partial charge is 0.337 e. The van der Waals surface area contributed by atoms with Crippen molar-refractivity contribution in [3.8, 4) is 0 Å². The number of hydrogen-bond donors (Lipinski definition) is 2. The molecule has 0 bridgehead atoms. The van der Waals surface area contributed by atoms with Crippen LogP contribution in [0.4, 0.5) is 4.79 Å². The lowest BCUT2D eigenvalue weighted by atomic mass is 10.1. The van der Waals surface area contributed by atoms with E-state index in [1.165, 1.54) is 11.8 Å². The molecule has 0 spiro atoms. The summed E-state index contributed by atoms with van der Waals surface area (Å²) in [6.07, 6.45) is 1.71. The molecule has 1 aromatic heterocycles. The van der Waals surface area contributed by atoms with Crippen molar-refractivity contribution in [3.63, 3.8) is 0 Å². The SMILES string of the molecule is CCOC(=O)C1=C(CSc2nncc3ccccc23)NC(=O)N[C@@H]1C. The lowest BCUT2D eigenvalue weighted by Crippen LogP contribution is -2.49. The molecule has 0 unspecified atom stereocenters. The molecule has 2 N–H and O–H groups in total. The second-order valence-electron chi connectivity index (χ2n) is 5.46. The topological polar surface area (TPSA) is 93.2 Å². The summed E-state index contributed by atoms with van der Waals surface area (Å²) in [4.78, 5) is 24.0. The average molecular weight is 358 g/mol. The Hall–Kier alpha value is -2.61. The summed E-state index contributed by atoms with van der Waals surface area (Å²) < 4.78 is 5.11. The summed E-state index contributed by atoms with van der Waals surface area (Å²) in [5, 5.41) is 16.3. The molecular formula is C17H18N4O3S. The number of fused-ring (bicyclic) bond motifs is 1. The molecule has 25 heavy (non-hydrogen) atoms. The highest BCUT2D eigenvalue weighted by atomic mass is 32.2. The largest absolute Gasteiger partial charge is 0.463 e. The highest BCUT2D eigenvalue weighted by Crippen LogP contribution is 2.27. The molecule has 7 nitrogen and oxygen atoms in total. The molecular weight excluding hydrogens is 340 g/mol. The fraction of sp³-hybridized carbons (Fsp3) is 0.294. The number of nitrogens with zero attached hydrogens (tertiary/aromatic N) is 2. The number of rotatable bonds is 5. The summed E-state index contributed by atoms with van der Waals surface area (Å²) in [7, 11) is 0. The molecule has 0 radical (unpaired) electrons. The molecule has 2 heterocycles. The van der Waals surface area contributed by atoms with Crippen molar-refractivity contribution in [2.24, 2.45) is 0 Å². The maximum Gasteiger partial charge on any atom is 0.337 e. The van der Waals surface area contributed by atoms with E-state index in [9.17, 15) is 9.59 Å². The zero-order valence-corrected chi connectivity index (χ0v) is 14.7. The first-order chi connectivity index (χ1) is 12.1. The zero-order valence-electron chi connectivity index (χ0n) is 13.9. The standard InChI is InChI=1S/C17H18N4O3S/c1-3-24-16(22)14-10(2)19-17(23)20-13(14)9-25-15-12-7-5-4-6-11(12)8-18-21-15/h4-8,10H,3,9H2,1-2H3,(H2,19,20,23)/t10-/m1/s1. The predicted molar refractivity (Wildman–Crippen MR) is 95.1 cm³/mol. The molecule has 2 amide bonds. The summed E-state index contributed by atoms with van der Waals surface area (Å²) in [6, 6.07) is 7.06. The van der Waals surface area contributed by atoms with E-state index < -0.39 is 12.0 Å². The summed E-state index contributed by atoms with van der Waals surface area (Å²) in [5.74, 6) is -0.0451. The quantitative estimate of drug-likeness (QED) is 0.629. The van der Waals surface area contributed by atoms with Crippen molar-refractivity contribution >= 4 is 34.5 Å². The van der Waals surface area contributed by atoms with Crippen molar-refractivity contribution in [1.82, 2.24) is 20.8 Å². The van der Waals surface area contributed by atoms with Gasteiger partial charge in [-0.3, -0.25) is 0 Å². The lowest BCUT2D eigenvalue weighted by Gasteiger charge is -2.26. The van der Waals surface area contributed by atoms with Gasteiger partial charge in [-0.25, -0.2) is 9.59 Å². The van der Waals surface area contributed by atoms with Crippen LogP contribution < -0.4 is 10.6 Å². The maximum absolute atomic E-state index is 12.2. The second-order valence-corrected chi connectivity index (χ2v) is 6.42. The third kappa shape index (κ3) is 3.74. The van der Waals surface area contributed by atoms with E-state index >= 15 is 0 Å². The van der Waals surface area contributed by atoms with Gasteiger partial charge in [0.1, 0.15) is 5.03 Å². The van der Waals surface area contributed by atoms with E-state index in [0.717, 1.165) is 15.8 Å². The van der Waals surface area contributed by atoms with Gasteiger partial charge in [0, 0.05) is 22.2 Å². The number of hydrogen-bond acceptors (Lipinski definition) is 6. The van der Waals surface area contributed by atoms with E-state index in [4.69, 9.17) is 4.74 Å². The van der Waals surface area contributed by atoms with Crippen LogP contribution in [0.2, 0.25) is 0 Å². The molecule has 8 heteroatoms. The van der Waals surface area contributed by atoms with E-state index in [0.29, 0.717) is 17.0 Å². The number of amides is 2. The van der Waals surface area contributed by atoms with Crippen LogP contribution in [0.1, 0.15) is 13.8 Å². The summed E-state index contributed by atoms with van der Waals surface area (Å²) in [5.41, 5.74) is 0.969. The number of thioether (sulfide) groups is 1. The molecule has 1 atom stereocenters. The Morgan fingerprint density at radius 3 is 2.96 bits per heavy atom. The Morgan fingerprint density at radius 2 is 2.16 bits per heavy atom. The average Bonchev–Trinajstić information content (AvgIpc) is 2.59. The Balaban J connectivity index is 1.89. The van der Waals surface area contributed by atoms with Crippen molar-refractivity contribution < 1.29 is 14.3 Å². The van der Waals surface area contributed by atoms with Gasteiger partial charge in [0.2, 0.25) is 0 Å². The van der Waals surface area contributed by atoms with E-state index in [1.54, 1.807) is 20.0 Å². The van der Waals surface area contributed by atoms with Gasteiger partial charge >= 0.3 is 12.0 Å². The number of benzene rings is 1. The molecule has 3 rings (SSSR count). The zero-order chi connectivity index (χ0) is 17.8. The Labute approximate surface area is 149 Å². The van der Waals surface area contributed by atoms with Crippen molar-refractivity contribution in [2.75, 3.05) is 12.4 Å². The minimum Gasteiger partial charge on any atom is -0.463 e. The predicted octanol–water partition coefficient (Wildman–Crippen LogP) is 2.24. The number of carbonyl (C=O) groups is 2. The summed E-state index contributed by atoms with van der Waals surface area (Å²) >= 11 is 1.42. The molecule has 1 aromatic carbocycles. The Morgan fingerprint density at radius 1 is 1.36 bits per heavy atom. The highest BCUT2D eigenvalue weighted by molar-refractivity contribution is 7.99. The molecule has 0 saturated carbocycles. The number of nitrogens with one attached hydrogen (secondary N) is 2. The Kier molecular flexibility index (Phi) is 5.18. The lowest BCUT2D eigenvalue weighted by molar-refractivity contribution is -0.138. The third-order valence-corrected chi connectivity index (χ3v) is 4.76.